The average Bonchev–Trinajstić information content (AvgIpc) is 3.21. The number of rotatable bonds is 4. The highest BCUT2D eigenvalue weighted by atomic mass is 35.5. The molecular weight excluding hydrogens is 460 g/mol. The van der Waals surface area contributed by atoms with E-state index in [4.69, 9.17) is 22.4 Å². The van der Waals surface area contributed by atoms with Crippen LogP contribution in [-0.4, -0.2) is 25.5 Å². The standard InChI is InChI=1S/C25H16ClF2N5O/c1-13-16(12-17(27)20(22(13)28)24(29)34)14-5-4-6-15(11-14)23-21(18-8-9-30-25(26)31-18)19-7-2-3-10-33(19)32-23/h2-12H,1H3,(H2,29,34). The number of nitrogens with zero attached hydrogens (tertiary/aromatic N) is 4. The van der Waals surface area contributed by atoms with Gasteiger partial charge in [0, 0.05) is 18.0 Å². The number of amides is 1. The smallest absolute Gasteiger partial charge is 0.254 e. The minimum absolute atomic E-state index is 0.101. The van der Waals surface area contributed by atoms with E-state index in [2.05, 4.69) is 9.97 Å². The molecule has 34 heavy (non-hydrogen) atoms. The molecule has 2 aromatic carbocycles. The summed E-state index contributed by atoms with van der Waals surface area (Å²) < 4.78 is 31.0. The van der Waals surface area contributed by atoms with Crippen molar-refractivity contribution in [3.8, 4) is 33.6 Å². The van der Waals surface area contributed by atoms with Crippen LogP contribution in [0.3, 0.4) is 0 Å². The van der Waals surface area contributed by atoms with E-state index in [1.165, 1.54) is 6.92 Å². The third-order valence-electron chi connectivity index (χ3n) is 5.58. The van der Waals surface area contributed by atoms with Crippen molar-refractivity contribution in [1.29, 1.82) is 0 Å². The molecule has 0 atom stereocenters. The molecule has 0 spiro atoms. The molecule has 0 unspecified atom stereocenters. The van der Waals surface area contributed by atoms with Gasteiger partial charge in [-0.2, -0.15) is 5.10 Å². The Bertz CT molecular complexity index is 1600. The van der Waals surface area contributed by atoms with Gasteiger partial charge < -0.3 is 5.73 Å². The number of hydrogen-bond acceptors (Lipinski definition) is 4. The number of pyridine rings is 1. The van der Waals surface area contributed by atoms with Crippen LogP contribution in [0.2, 0.25) is 5.28 Å². The van der Waals surface area contributed by atoms with Gasteiger partial charge in [0.15, 0.2) is 0 Å². The SMILES string of the molecule is Cc1c(-c2cccc(-c3nn4ccccc4c3-c3ccnc(Cl)n3)c2)cc(F)c(C(N)=O)c1F. The lowest BCUT2D eigenvalue weighted by Gasteiger charge is -2.12. The van der Waals surface area contributed by atoms with Crippen molar-refractivity contribution in [2.45, 2.75) is 6.92 Å². The first-order valence-corrected chi connectivity index (χ1v) is 10.6. The lowest BCUT2D eigenvalue weighted by molar-refractivity contribution is 0.0992. The molecule has 0 saturated heterocycles. The van der Waals surface area contributed by atoms with E-state index in [1.807, 2.05) is 30.5 Å². The molecule has 3 heterocycles. The van der Waals surface area contributed by atoms with Crippen molar-refractivity contribution in [3.63, 3.8) is 0 Å². The lowest BCUT2D eigenvalue weighted by atomic mass is 9.94. The fraction of sp³-hybridized carbons (Fsp3) is 0.0400. The first kappa shape index (κ1) is 21.7. The van der Waals surface area contributed by atoms with Crippen molar-refractivity contribution >= 4 is 23.0 Å². The van der Waals surface area contributed by atoms with Crippen LogP contribution in [0, 0.1) is 18.6 Å². The van der Waals surface area contributed by atoms with Crippen LogP contribution in [0.25, 0.3) is 39.2 Å². The van der Waals surface area contributed by atoms with E-state index in [1.54, 1.807) is 35.0 Å². The number of fused-ring (bicyclic) bond motifs is 1. The predicted octanol–water partition coefficient (Wildman–Crippen LogP) is 5.46. The minimum Gasteiger partial charge on any atom is -0.365 e. The summed E-state index contributed by atoms with van der Waals surface area (Å²) in [7, 11) is 0. The van der Waals surface area contributed by atoms with Crippen LogP contribution in [0.15, 0.2) is 67.0 Å². The number of hydrogen-bond donors (Lipinski definition) is 1. The fourth-order valence-electron chi connectivity index (χ4n) is 4.00. The first-order chi connectivity index (χ1) is 16.3. The van der Waals surface area contributed by atoms with Crippen LogP contribution in [-0.2, 0) is 0 Å². The van der Waals surface area contributed by atoms with Crippen molar-refractivity contribution in [3.05, 3.63) is 95.0 Å². The quantitative estimate of drug-likeness (QED) is 0.349. The number of primary amides is 1. The Morgan fingerprint density at radius 3 is 2.62 bits per heavy atom. The van der Waals surface area contributed by atoms with Crippen molar-refractivity contribution in [2.24, 2.45) is 5.73 Å². The molecule has 9 heteroatoms. The minimum atomic E-state index is -1.16. The van der Waals surface area contributed by atoms with Crippen LogP contribution in [0.1, 0.15) is 15.9 Å². The molecule has 0 fully saturated rings. The highest BCUT2D eigenvalue weighted by Crippen LogP contribution is 2.37. The largest absolute Gasteiger partial charge is 0.365 e. The summed E-state index contributed by atoms with van der Waals surface area (Å²) in [6.45, 7) is 1.47. The Hall–Kier alpha value is -4.17. The Morgan fingerprint density at radius 1 is 1.06 bits per heavy atom. The number of benzene rings is 2. The maximum atomic E-state index is 14.8. The zero-order chi connectivity index (χ0) is 24.0. The second-order valence-electron chi connectivity index (χ2n) is 7.63. The van der Waals surface area contributed by atoms with Gasteiger partial charge in [-0.1, -0.05) is 24.3 Å². The normalized spacial score (nSPS) is 11.2. The molecule has 2 N–H and O–H groups in total. The Labute approximate surface area is 197 Å². The molecule has 1 amide bonds. The van der Waals surface area contributed by atoms with E-state index in [-0.39, 0.29) is 10.8 Å². The van der Waals surface area contributed by atoms with Gasteiger partial charge in [0.1, 0.15) is 22.9 Å². The second kappa shape index (κ2) is 8.31. The monoisotopic (exact) mass is 475 g/mol. The van der Waals surface area contributed by atoms with Gasteiger partial charge in [-0.3, -0.25) is 4.79 Å². The topological polar surface area (TPSA) is 86.2 Å². The third-order valence-corrected chi connectivity index (χ3v) is 5.76. The summed E-state index contributed by atoms with van der Waals surface area (Å²) in [6.07, 6.45) is 3.37. The molecule has 0 aliphatic carbocycles. The van der Waals surface area contributed by atoms with Crippen molar-refractivity contribution in [1.82, 2.24) is 19.6 Å². The Kier molecular flexibility index (Phi) is 5.30. The molecule has 0 aliphatic heterocycles. The molecule has 0 radical (unpaired) electrons. The fourth-order valence-corrected chi connectivity index (χ4v) is 4.15. The molecule has 0 aliphatic rings. The van der Waals surface area contributed by atoms with E-state index in [9.17, 15) is 13.6 Å². The summed E-state index contributed by atoms with van der Waals surface area (Å²) in [5.74, 6) is -3.15. The maximum Gasteiger partial charge on any atom is 0.254 e. The van der Waals surface area contributed by atoms with Gasteiger partial charge in [0.05, 0.1) is 16.8 Å². The van der Waals surface area contributed by atoms with Gasteiger partial charge in [0.2, 0.25) is 5.28 Å². The summed E-state index contributed by atoms with van der Waals surface area (Å²) >= 11 is 6.05. The van der Waals surface area contributed by atoms with E-state index >= 15 is 0 Å². The summed E-state index contributed by atoms with van der Waals surface area (Å²) in [4.78, 5) is 19.8. The zero-order valence-electron chi connectivity index (χ0n) is 17.8. The number of carbonyl (C=O) groups excluding carboxylic acids is 1. The molecular formula is C25H16ClF2N5O. The van der Waals surface area contributed by atoms with Crippen molar-refractivity contribution in [2.75, 3.05) is 0 Å². The highest BCUT2D eigenvalue weighted by Gasteiger charge is 2.22. The van der Waals surface area contributed by atoms with Gasteiger partial charge >= 0.3 is 0 Å². The summed E-state index contributed by atoms with van der Waals surface area (Å²) in [6, 6.07) is 15.6. The number of aromatic nitrogens is 4. The third kappa shape index (κ3) is 3.58. The predicted molar refractivity (Wildman–Crippen MR) is 125 cm³/mol. The number of halogens is 3. The van der Waals surface area contributed by atoms with Gasteiger partial charge in [-0.15, -0.1) is 0 Å². The van der Waals surface area contributed by atoms with Crippen LogP contribution in [0.4, 0.5) is 8.78 Å². The molecule has 0 saturated carbocycles. The highest BCUT2D eigenvalue weighted by molar-refractivity contribution is 6.28. The summed E-state index contributed by atoms with van der Waals surface area (Å²) in [5, 5.41) is 4.82. The first-order valence-electron chi connectivity index (χ1n) is 10.2. The molecule has 3 aromatic heterocycles. The number of nitrogens with two attached hydrogens (primary N) is 1. The van der Waals surface area contributed by atoms with E-state index in [0.717, 1.165) is 17.1 Å². The van der Waals surface area contributed by atoms with Gasteiger partial charge in [-0.05, 0) is 65.5 Å². The van der Waals surface area contributed by atoms with E-state index < -0.39 is 23.1 Å². The van der Waals surface area contributed by atoms with Crippen LogP contribution >= 0.6 is 11.6 Å². The Balaban J connectivity index is 1.73. The molecule has 5 rings (SSSR count). The second-order valence-corrected chi connectivity index (χ2v) is 7.97. The van der Waals surface area contributed by atoms with Crippen LogP contribution in [0.5, 0.6) is 0 Å². The van der Waals surface area contributed by atoms with Gasteiger partial charge in [-0.25, -0.2) is 23.3 Å². The number of carbonyl (C=O) groups is 1. The van der Waals surface area contributed by atoms with Crippen molar-refractivity contribution < 1.29 is 13.6 Å². The maximum absolute atomic E-state index is 14.8. The lowest BCUT2D eigenvalue weighted by Crippen LogP contribution is -2.16. The molecule has 6 nitrogen and oxygen atoms in total. The molecule has 5 aromatic rings. The van der Waals surface area contributed by atoms with Crippen LogP contribution < -0.4 is 5.73 Å². The Morgan fingerprint density at radius 2 is 1.85 bits per heavy atom. The zero-order valence-corrected chi connectivity index (χ0v) is 18.5. The molecule has 168 valence electrons. The molecule has 0 bridgehead atoms. The average molecular weight is 476 g/mol. The van der Waals surface area contributed by atoms with E-state index in [0.29, 0.717) is 28.1 Å². The van der Waals surface area contributed by atoms with Gasteiger partial charge in [0.25, 0.3) is 5.91 Å². The summed E-state index contributed by atoms with van der Waals surface area (Å²) in [5.41, 5.74) is 8.79.